The van der Waals surface area contributed by atoms with Crippen molar-refractivity contribution in [2.45, 2.75) is 13.8 Å². The average Bonchev–Trinajstić information content (AvgIpc) is 3.61. The van der Waals surface area contributed by atoms with Crippen molar-refractivity contribution in [3.63, 3.8) is 0 Å². The molecule has 9 aromatic rings. The van der Waals surface area contributed by atoms with Gasteiger partial charge in [-0.25, -0.2) is 0 Å². The first-order valence-electron chi connectivity index (χ1n) is 15.9. The molecule has 0 saturated heterocycles. The first kappa shape index (κ1) is 26.5. The summed E-state index contributed by atoms with van der Waals surface area (Å²) in [6, 6.07) is 57.9. The summed E-state index contributed by atoms with van der Waals surface area (Å²) in [4.78, 5) is 0. The van der Waals surface area contributed by atoms with Gasteiger partial charge < -0.3 is 9.13 Å². The Morgan fingerprint density at radius 1 is 0.348 bits per heavy atom. The fraction of sp³-hybridized carbons (Fsp3) is 0.0455. The Morgan fingerprint density at radius 3 is 1.52 bits per heavy atom. The predicted molar refractivity (Wildman–Crippen MR) is 195 cm³/mol. The monoisotopic (exact) mass is 588 g/mol. The molecule has 0 aliphatic rings. The van der Waals surface area contributed by atoms with Gasteiger partial charge in [-0.2, -0.15) is 0 Å². The van der Waals surface area contributed by atoms with Crippen LogP contribution in [0.1, 0.15) is 11.1 Å². The van der Waals surface area contributed by atoms with Gasteiger partial charge in [0, 0.05) is 32.8 Å². The second-order valence-electron chi connectivity index (χ2n) is 12.4. The molecule has 0 N–H and O–H groups in total. The molecule has 2 nitrogen and oxygen atoms in total. The Morgan fingerprint density at radius 2 is 0.826 bits per heavy atom. The predicted octanol–water partition coefficient (Wildman–Crippen LogP) is 11.8. The maximum Gasteiger partial charge on any atom is 0.0541 e. The topological polar surface area (TPSA) is 9.86 Å². The molecule has 46 heavy (non-hydrogen) atoms. The maximum atomic E-state index is 2.44. The first-order chi connectivity index (χ1) is 22.6. The summed E-state index contributed by atoms with van der Waals surface area (Å²) in [5.41, 5.74) is 14.6. The molecule has 0 bridgehead atoms. The lowest BCUT2D eigenvalue weighted by atomic mass is 10.0. The minimum atomic E-state index is 1.18. The highest BCUT2D eigenvalue weighted by molar-refractivity contribution is 6.12. The number of fused-ring (bicyclic) bond motifs is 6. The van der Waals surface area contributed by atoms with Crippen LogP contribution in [0.3, 0.4) is 0 Å². The highest BCUT2D eigenvalue weighted by atomic mass is 15.0. The standard InChI is InChI=1S/C44H32N2/c1-29-15-19-31(20-16-29)32-21-25-44-38(27-32)37-11-5-8-14-42(37)46(44)40-12-6-3-9-35(40)33-22-26-43-39(28-33)36-10-4-7-13-41(36)45(43)34-23-17-30(2)18-24-34/h3-28H,1-2H3. The van der Waals surface area contributed by atoms with Crippen LogP contribution in [0.2, 0.25) is 0 Å². The summed E-state index contributed by atoms with van der Waals surface area (Å²) < 4.78 is 4.83. The Bertz CT molecular complexity index is 2580. The van der Waals surface area contributed by atoms with E-state index in [0.29, 0.717) is 0 Å². The van der Waals surface area contributed by atoms with E-state index in [2.05, 4.69) is 181 Å². The molecule has 7 aromatic carbocycles. The van der Waals surface area contributed by atoms with E-state index in [1.54, 1.807) is 0 Å². The Hall–Kier alpha value is -5.86. The van der Waals surface area contributed by atoms with Gasteiger partial charge in [0.05, 0.1) is 27.8 Å². The van der Waals surface area contributed by atoms with Crippen molar-refractivity contribution in [2.24, 2.45) is 0 Å². The van der Waals surface area contributed by atoms with Gasteiger partial charge in [-0.1, -0.05) is 114 Å². The number of para-hydroxylation sites is 3. The smallest absolute Gasteiger partial charge is 0.0541 e. The SMILES string of the molecule is Cc1ccc(-c2ccc3c(c2)c2ccccc2n3-c2ccccc2-c2ccc3c(c2)c2ccccc2n3-c2ccc(C)cc2)cc1. The summed E-state index contributed by atoms with van der Waals surface area (Å²) in [6.45, 7) is 4.28. The first-order valence-corrected chi connectivity index (χ1v) is 15.9. The molecular formula is C44H32N2. The van der Waals surface area contributed by atoms with Crippen LogP contribution in [-0.4, -0.2) is 9.13 Å². The van der Waals surface area contributed by atoms with Gasteiger partial charge in [0.15, 0.2) is 0 Å². The number of benzene rings is 7. The average molecular weight is 589 g/mol. The number of nitrogens with zero attached hydrogens (tertiary/aromatic N) is 2. The molecule has 2 heteroatoms. The lowest BCUT2D eigenvalue weighted by Crippen LogP contribution is -1.97. The van der Waals surface area contributed by atoms with Crippen molar-refractivity contribution in [2.75, 3.05) is 0 Å². The summed E-state index contributed by atoms with van der Waals surface area (Å²) >= 11 is 0. The molecule has 0 amide bonds. The minimum Gasteiger partial charge on any atom is -0.309 e. The molecule has 0 atom stereocenters. The molecule has 218 valence electrons. The lowest BCUT2D eigenvalue weighted by molar-refractivity contribution is 1.17. The number of rotatable bonds is 4. The van der Waals surface area contributed by atoms with Gasteiger partial charge in [0.25, 0.3) is 0 Å². The zero-order chi connectivity index (χ0) is 30.8. The van der Waals surface area contributed by atoms with Crippen LogP contribution in [-0.2, 0) is 0 Å². The van der Waals surface area contributed by atoms with Crippen LogP contribution in [0.15, 0.2) is 158 Å². The Kier molecular flexibility index (Phi) is 5.97. The molecule has 0 fully saturated rings. The largest absolute Gasteiger partial charge is 0.309 e. The van der Waals surface area contributed by atoms with E-state index in [0.717, 1.165) is 0 Å². The number of hydrogen-bond donors (Lipinski definition) is 0. The van der Waals surface area contributed by atoms with Crippen LogP contribution in [0.5, 0.6) is 0 Å². The zero-order valence-corrected chi connectivity index (χ0v) is 25.9. The Balaban J connectivity index is 1.26. The molecule has 0 spiro atoms. The molecule has 0 radical (unpaired) electrons. The summed E-state index contributed by atoms with van der Waals surface area (Å²) in [5.74, 6) is 0. The minimum absolute atomic E-state index is 1.18. The molecule has 2 heterocycles. The summed E-state index contributed by atoms with van der Waals surface area (Å²) in [5, 5.41) is 5.05. The van der Waals surface area contributed by atoms with E-state index in [-0.39, 0.29) is 0 Å². The lowest BCUT2D eigenvalue weighted by Gasteiger charge is -2.15. The maximum absolute atomic E-state index is 2.44. The fourth-order valence-corrected chi connectivity index (χ4v) is 7.18. The molecule has 0 aliphatic carbocycles. The molecular weight excluding hydrogens is 556 g/mol. The van der Waals surface area contributed by atoms with Crippen molar-refractivity contribution in [3.8, 4) is 33.6 Å². The number of hydrogen-bond acceptors (Lipinski definition) is 0. The summed E-state index contributed by atoms with van der Waals surface area (Å²) in [6.07, 6.45) is 0. The molecule has 0 unspecified atom stereocenters. The molecule has 2 aromatic heterocycles. The van der Waals surface area contributed by atoms with Gasteiger partial charge in [-0.05, 0) is 85.1 Å². The third-order valence-corrected chi connectivity index (χ3v) is 9.48. The van der Waals surface area contributed by atoms with Crippen molar-refractivity contribution in [1.82, 2.24) is 9.13 Å². The van der Waals surface area contributed by atoms with Gasteiger partial charge in [0.2, 0.25) is 0 Å². The number of aryl methyl sites for hydroxylation is 2. The fourth-order valence-electron chi connectivity index (χ4n) is 7.18. The van der Waals surface area contributed by atoms with Crippen molar-refractivity contribution in [3.05, 3.63) is 169 Å². The Labute approximate surface area is 268 Å². The van der Waals surface area contributed by atoms with Gasteiger partial charge in [0.1, 0.15) is 0 Å². The van der Waals surface area contributed by atoms with Crippen LogP contribution in [0.4, 0.5) is 0 Å². The van der Waals surface area contributed by atoms with E-state index < -0.39 is 0 Å². The van der Waals surface area contributed by atoms with Gasteiger partial charge in [-0.3, -0.25) is 0 Å². The normalized spacial score (nSPS) is 11.7. The van der Waals surface area contributed by atoms with E-state index in [4.69, 9.17) is 0 Å². The van der Waals surface area contributed by atoms with E-state index >= 15 is 0 Å². The van der Waals surface area contributed by atoms with Crippen molar-refractivity contribution < 1.29 is 0 Å². The quantitative estimate of drug-likeness (QED) is 0.194. The third kappa shape index (κ3) is 4.11. The molecule has 0 aliphatic heterocycles. The zero-order valence-electron chi connectivity index (χ0n) is 25.9. The van der Waals surface area contributed by atoms with Gasteiger partial charge >= 0.3 is 0 Å². The van der Waals surface area contributed by atoms with Crippen LogP contribution in [0, 0.1) is 13.8 Å². The highest BCUT2D eigenvalue weighted by Crippen LogP contribution is 2.40. The second kappa shape index (κ2) is 10.4. The second-order valence-corrected chi connectivity index (χ2v) is 12.4. The summed E-state index contributed by atoms with van der Waals surface area (Å²) in [7, 11) is 0. The molecule has 0 saturated carbocycles. The number of aromatic nitrogens is 2. The van der Waals surface area contributed by atoms with Crippen LogP contribution < -0.4 is 0 Å². The van der Waals surface area contributed by atoms with Crippen LogP contribution >= 0.6 is 0 Å². The van der Waals surface area contributed by atoms with E-state index in [9.17, 15) is 0 Å². The van der Waals surface area contributed by atoms with Crippen molar-refractivity contribution in [1.29, 1.82) is 0 Å². The highest BCUT2D eigenvalue weighted by Gasteiger charge is 2.18. The molecule has 9 rings (SSSR count). The van der Waals surface area contributed by atoms with Gasteiger partial charge in [-0.15, -0.1) is 0 Å². The van der Waals surface area contributed by atoms with Crippen LogP contribution in [0.25, 0.3) is 77.2 Å². The third-order valence-electron chi connectivity index (χ3n) is 9.48. The van der Waals surface area contributed by atoms with E-state index in [1.165, 1.54) is 88.4 Å². The van der Waals surface area contributed by atoms with E-state index in [1.807, 2.05) is 0 Å². The van der Waals surface area contributed by atoms with Crippen molar-refractivity contribution >= 4 is 43.6 Å².